The Morgan fingerprint density at radius 1 is 1.29 bits per heavy atom. The molecule has 0 spiro atoms. The van der Waals surface area contributed by atoms with Crippen LogP contribution in [0.1, 0.15) is 77.8 Å². The molecule has 0 N–H and O–H groups in total. The third-order valence-corrected chi connectivity index (χ3v) is 3.77. The molecule has 1 aromatic carbocycles. The number of Topliss-reactive ketones (excluding diaryl/α,β-unsaturated/α-hetero) is 1. The Morgan fingerprint density at radius 3 is 2.48 bits per heavy atom. The van der Waals surface area contributed by atoms with Gasteiger partial charge >= 0.3 is 0 Å². The van der Waals surface area contributed by atoms with Crippen molar-refractivity contribution in [2.75, 3.05) is 6.61 Å². The molecule has 118 valence electrons. The van der Waals surface area contributed by atoms with E-state index in [0.717, 1.165) is 25.2 Å². The Bertz CT molecular complexity index is 469. The van der Waals surface area contributed by atoms with Crippen LogP contribution in [0.5, 0.6) is 5.75 Å². The first kappa shape index (κ1) is 17.7. The highest BCUT2D eigenvalue weighted by atomic mass is 16.5. The summed E-state index contributed by atoms with van der Waals surface area (Å²) in [6.45, 7) is 13.4. The minimum atomic E-state index is 0.0549. The zero-order valence-electron chi connectivity index (χ0n) is 14.5. The molecule has 0 amide bonds. The molecule has 0 saturated heterocycles. The predicted molar refractivity (Wildman–Crippen MR) is 89.3 cm³/mol. The Labute approximate surface area is 129 Å². The molecule has 1 unspecified atom stereocenters. The number of hydrogen-bond acceptors (Lipinski definition) is 2. The zero-order valence-corrected chi connectivity index (χ0v) is 14.5. The van der Waals surface area contributed by atoms with Gasteiger partial charge in [0.1, 0.15) is 11.5 Å². The maximum absolute atomic E-state index is 11.2. The third kappa shape index (κ3) is 5.53. The predicted octanol–water partition coefficient (Wildman–Crippen LogP) is 5.25. The van der Waals surface area contributed by atoms with Gasteiger partial charge in [-0.25, -0.2) is 0 Å². The van der Waals surface area contributed by atoms with Gasteiger partial charge < -0.3 is 9.53 Å². The fourth-order valence-corrected chi connectivity index (χ4v) is 2.36. The number of carbonyl (C=O) groups excluding carboxylic acids is 1. The van der Waals surface area contributed by atoms with Crippen molar-refractivity contribution < 1.29 is 9.53 Å². The molecule has 0 aliphatic heterocycles. The fraction of sp³-hybridized carbons (Fsp3) is 0.632. The fourth-order valence-electron chi connectivity index (χ4n) is 2.36. The number of ketones is 1. The van der Waals surface area contributed by atoms with E-state index in [0.29, 0.717) is 12.3 Å². The number of hydrogen-bond donors (Lipinski definition) is 0. The summed E-state index contributed by atoms with van der Waals surface area (Å²) in [4.78, 5) is 11.2. The van der Waals surface area contributed by atoms with Crippen LogP contribution in [0.15, 0.2) is 18.2 Å². The molecule has 1 aromatic rings. The second-order valence-electron chi connectivity index (χ2n) is 7.00. The van der Waals surface area contributed by atoms with Crippen molar-refractivity contribution in [3.05, 3.63) is 29.3 Å². The topological polar surface area (TPSA) is 26.3 Å². The largest absolute Gasteiger partial charge is 0.493 e. The van der Waals surface area contributed by atoms with Crippen LogP contribution in [0.3, 0.4) is 0 Å². The van der Waals surface area contributed by atoms with Crippen molar-refractivity contribution in [3.8, 4) is 5.75 Å². The highest BCUT2D eigenvalue weighted by Gasteiger charge is 2.20. The lowest BCUT2D eigenvalue weighted by Gasteiger charge is -2.25. The van der Waals surface area contributed by atoms with E-state index < -0.39 is 0 Å². The molecule has 0 fully saturated rings. The van der Waals surface area contributed by atoms with Gasteiger partial charge in [-0.2, -0.15) is 0 Å². The zero-order chi connectivity index (χ0) is 16.0. The molecular formula is C19H30O2. The van der Waals surface area contributed by atoms with Crippen LogP contribution in [-0.4, -0.2) is 12.4 Å². The lowest BCUT2D eigenvalue weighted by atomic mass is 9.83. The normalized spacial score (nSPS) is 13.0. The van der Waals surface area contributed by atoms with Crippen molar-refractivity contribution in [2.45, 2.75) is 72.1 Å². The van der Waals surface area contributed by atoms with Crippen molar-refractivity contribution in [1.29, 1.82) is 0 Å². The van der Waals surface area contributed by atoms with Crippen LogP contribution >= 0.6 is 0 Å². The number of carbonyl (C=O) groups is 1. The van der Waals surface area contributed by atoms with Gasteiger partial charge in [0, 0.05) is 6.42 Å². The van der Waals surface area contributed by atoms with E-state index in [2.05, 4.69) is 52.8 Å². The van der Waals surface area contributed by atoms with Crippen LogP contribution in [0.25, 0.3) is 0 Å². The van der Waals surface area contributed by atoms with E-state index in [1.807, 2.05) is 0 Å². The van der Waals surface area contributed by atoms with E-state index in [1.54, 1.807) is 6.92 Å². The van der Waals surface area contributed by atoms with Gasteiger partial charge in [-0.1, -0.05) is 46.8 Å². The van der Waals surface area contributed by atoms with E-state index in [1.165, 1.54) is 11.1 Å². The summed E-state index contributed by atoms with van der Waals surface area (Å²) in [5, 5.41) is 0. The summed E-state index contributed by atoms with van der Waals surface area (Å²) in [5.74, 6) is 1.66. The standard InChI is InChI=1S/C19H30O2/c1-7-12-21-18-11-10-16(13-17(18)19(4,5)6)14(2)8-9-15(3)20/h10-11,13-14H,7-9,12H2,1-6H3. The number of benzene rings is 1. The molecule has 2 heteroatoms. The van der Waals surface area contributed by atoms with Gasteiger partial charge in [0.15, 0.2) is 0 Å². The number of ether oxygens (including phenoxy) is 1. The van der Waals surface area contributed by atoms with Gasteiger partial charge in [-0.3, -0.25) is 0 Å². The smallest absolute Gasteiger partial charge is 0.129 e. The lowest BCUT2D eigenvalue weighted by Crippen LogP contribution is -2.15. The Hall–Kier alpha value is -1.31. The van der Waals surface area contributed by atoms with Crippen LogP contribution in [0.2, 0.25) is 0 Å². The second-order valence-corrected chi connectivity index (χ2v) is 7.00. The average molecular weight is 290 g/mol. The monoisotopic (exact) mass is 290 g/mol. The van der Waals surface area contributed by atoms with Crippen molar-refractivity contribution in [1.82, 2.24) is 0 Å². The summed E-state index contributed by atoms with van der Waals surface area (Å²) in [6, 6.07) is 6.50. The van der Waals surface area contributed by atoms with Gasteiger partial charge in [-0.15, -0.1) is 0 Å². The summed E-state index contributed by atoms with van der Waals surface area (Å²) >= 11 is 0. The van der Waals surface area contributed by atoms with E-state index in [9.17, 15) is 4.79 Å². The van der Waals surface area contributed by atoms with Crippen molar-refractivity contribution >= 4 is 5.78 Å². The molecule has 2 nitrogen and oxygen atoms in total. The second kappa shape index (κ2) is 7.63. The molecule has 0 radical (unpaired) electrons. The minimum absolute atomic E-state index is 0.0549. The van der Waals surface area contributed by atoms with Gasteiger partial charge in [0.25, 0.3) is 0 Å². The van der Waals surface area contributed by atoms with Crippen LogP contribution < -0.4 is 4.74 Å². The summed E-state index contributed by atoms with van der Waals surface area (Å²) in [7, 11) is 0. The SMILES string of the molecule is CCCOc1ccc(C(C)CCC(C)=O)cc1C(C)(C)C. The molecule has 1 atom stereocenters. The van der Waals surface area contributed by atoms with E-state index >= 15 is 0 Å². The van der Waals surface area contributed by atoms with Crippen LogP contribution in [0, 0.1) is 0 Å². The van der Waals surface area contributed by atoms with E-state index in [-0.39, 0.29) is 11.2 Å². The highest BCUT2D eigenvalue weighted by molar-refractivity contribution is 5.75. The average Bonchev–Trinajstić information content (AvgIpc) is 2.41. The molecule has 1 rings (SSSR count). The van der Waals surface area contributed by atoms with Crippen LogP contribution in [0.4, 0.5) is 0 Å². The Balaban J connectivity index is 3.00. The van der Waals surface area contributed by atoms with Gasteiger partial charge in [-0.05, 0) is 48.3 Å². The maximum Gasteiger partial charge on any atom is 0.129 e. The molecular weight excluding hydrogens is 260 g/mol. The maximum atomic E-state index is 11.2. The molecule has 0 saturated carbocycles. The molecule has 0 aliphatic rings. The minimum Gasteiger partial charge on any atom is -0.493 e. The Kier molecular flexibility index (Phi) is 6.44. The van der Waals surface area contributed by atoms with Crippen LogP contribution in [-0.2, 0) is 10.2 Å². The van der Waals surface area contributed by atoms with Gasteiger partial charge in [0.05, 0.1) is 6.61 Å². The molecule has 21 heavy (non-hydrogen) atoms. The molecule has 0 heterocycles. The first-order valence-corrected chi connectivity index (χ1v) is 8.02. The van der Waals surface area contributed by atoms with Crippen molar-refractivity contribution in [2.24, 2.45) is 0 Å². The highest BCUT2D eigenvalue weighted by Crippen LogP contribution is 2.35. The van der Waals surface area contributed by atoms with E-state index in [4.69, 9.17) is 4.74 Å². The molecule has 0 bridgehead atoms. The summed E-state index contributed by atoms with van der Waals surface area (Å²) in [5.41, 5.74) is 2.60. The first-order valence-electron chi connectivity index (χ1n) is 8.02. The quantitative estimate of drug-likeness (QED) is 0.686. The number of rotatable bonds is 7. The molecule has 0 aromatic heterocycles. The third-order valence-electron chi connectivity index (χ3n) is 3.77. The molecule has 0 aliphatic carbocycles. The lowest BCUT2D eigenvalue weighted by molar-refractivity contribution is -0.117. The van der Waals surface area contributed by atoms with Crippen molar-refractivity contribution in [3.63, 3.8) is 0 Å². The summed E-state index contributed by atoms with van der Waals surface area (Å²) in [6.07, 6.45) is 2.58. The summed E-state index contributed by atoms with van der Waals surface area (Å²) < 4.78 is 5.89. The Morgan fingerprint density at radius 2 is 1.95 bits per heavy atom. The first-order chi connectivity index (χ1) is 9.75. The van der Waals surface area contributed by atoms with Gasteiger partial charge in [0.2, 0.25) is 0 Å².